The largest absolute Gasteiger partial charge is 0.460 e. The van der Waals surface area contributed by atoms with Gasteiger partial charge < -0.3 is 18.9 Å². The van der Waals surface area contributed by atoms with Crippen LogP contribution in [0.1, 0.15) is 50.0 Å². The Labute approximate surface area is 178 Å². The van der Waals surface area contributed by atoms with Gasteiger partial charge in [-0.05, 0) is 37.8 Å². The summed E-state index contributed by atoms with van der Waals surface area (Å²) in [4.78, 5) is 24.9. The second-order valence-corrected chi connectivity index (χ2v) is 7.13. The Kier molecular flexibility index (Phi) is 9.51. The summed E-state index contributed by atoms with van der Waals surface area (Å²) >= 11 is 0. The normalized spacial score (nSPS) is 14.9. The molecule has 2 rings (SSSR count). The van der Waals surface area contributed by atoms with E-state index in [1.54, 1.807) is 0 Å². The summed E-state index contributed by atoms with van der Waals surface area (Å²) in [6.45, 7) is 3.62. The van der Waals surface area contributed by atoms with Crippen molar-refractivity contribution in [2.75, 3.05) is 14.2 Å². The summed E-state index contributed by atoms with van der Waals surface area (Å²) in [7, 11) is 2.95. The molecule has 0 aliphatic heterocycles. The molecule has 6 nitrogen and oxygen atoms in total. The van der Waals surface area contributed by atoms with E-state index in [4.69, 9.17) is 18.9 Å². The molecule has 0 saturated heterocycles. The van der Waals surface area contributed by atoms with Crippen molar-refractivity contribution in [2.24, 2.45) is 0 Å². The molecule has 0 radical (unpaired) electrons. The fourth-order valence-electron chi connectivity index (χ4n) is 3.10. The minimum absolute atomic E-state index is 0.340. The Morgan fingerprint density at radius 2 is 1.00 bits per heavy atom. The second kappa shape index (κ2) is 12.1. The quantitative estimate of drug-likeness (QED) is 0.508. The summed E-state index contributed by atoms with van der Waals surface area (Å²) in [6.07, 6.45) is -1.11. The van der Waals surface area contributed by atoms with Crippen LogP contribution < -0.4 is 0 Å². The molecule has 0 spiro atoms. The van der Waals surface area contributed by atoms with Crippen LogP contribution in [0, 0.1) is 0 Å². The van der Waals surface area contributed by atoms with Crippen LogP contribution in [0.2, 0.25) is 0 Å². The lowest BCUT2D eigenvalue weighted by Crippen LogP contribution is -2.25. The topological polar surface area (TPSA) is 71.1 Å². The molecule has 30 heavy (non-hydrogen) atoms. The smallest absolute Gasteiger partial charge is 0.340 e. The predicted molar refractivity (Wildman–Crippen MR) is 113 cm³/mol. The van der Waals surface area contributed by atoms with Crippen LogP contribution in [0.25, 0.3) is 0 Å². The average Bonchev–Trinajstić information content (AvgIpc) is 2.75. The predicted octanol–water partition coefficient (Wildman–Crippen LogP) is 4.41. The summed E-state index contributed by atoms with van der Waals surface area (Å²) in [5, 5.41) is 0. The van der Waals surface area contributed by atoms with E-state index in [0.29, 0.717) is 12.8 Å². The molecule has 0 N–H and O–H groups in total. The Balaban J connectivity index is 1.81. The first kappa shape index (κ1) is 23.6. The lowest BCUT2D eigenvalue weighted by molar-refractivity contribution is -0.164. The molecular weight excluding hydrogens is 384 g/mol. The maximum atomic E-state index is 12.4. The van der Waals surface area contributed by atoms with Crippen molar-refractivity contribution in [3.63, 3.8) is 0 Å². The Hall–Kier alpha value is -2.70. The van der Waals surface area contributed by atoms with Gasteiger partial charge in [0.1, 0.15) is 0 Å². The van der Waals surface area contributed by atoms with E-state index in [2.05, 4.69) is 0 Å². The molecule has 0 amide bonds. The Bertz CT molecular complexity index is 709. The van der Waals surface area contributed by atoms with Crippen LogP contribution in [0.3, 0.4) is 0 Å². The standard InChI is InChI=1S/C24H30O6/c1-17(29-23(25)21(27-3)19-11-7-5-8-12-19)15-16-18(2)30-24(26)22(28-4)20-13-9-6-10-14-20/h5-14,17-18,21-22H,15-16H2,1-4H3/t17-,18-,21-,22-/m0/s1. The summed E-state index contributed by atoms with van der Waals surface area (Å²) in [5.41, 5.74) is 1.48. The van der Waals surface area contributed by atoms with E-state index in [9.17, 15) is 9.59 Å². The van der Waals surface area contributed by atoms with E-state index in [1.807, 2.05) is 74.5 Å². The van der Waals surface area contributed by atoms with Crippen LogP contribution >= 0.6 is 0 Å². The minimum atomic E-state index is -0.766. The highest BCUT2D eigenvalue weighted by Gasteiger charge is 2.25. The number of carbonyl (C=O) groups excluding carboxylic acids is 2. The second-order valence-electron chi connectivity index (χ2n) is 7.13. The van der Waals surface area contributed by atoms with E-state index < -0.39 is 24.1 Å². The number of ether oxygens (including phenoxy) is 4. The van der Waals surface area contributed by atoms with Crippen molar-refractivity contribution >= 4 is 11.9 Å². The average molecular weight is 414 g/mol. The van der Waals surface area contributed by atoms with Crippen molar-refractivity contribution in [3.8, 4) is 0 Å². The zero-order valence-corrected chi connectivity index (χ0v) is 17.9. The summed E-state index contributed by atoms with van der Waals surface area (Å²) in [5.74, 6) is -0.881. The highest BCUT2D eigenvalue weighted by atomic mass is 16.6. The van der Waals surface area contributed by atoms with E-state index in [-0.39, 0.29) is 12.2 Å². The van der Waals surface area contributed by atoms with Gasteiger partial charge in [0.05, 0.1) is 12.2 Å². The fourth-order valence-corrected chi connectivity index (χ4v) is 3.10. The Morgan fingerprint density at radius 1 is 0.667 bits per heavy atom. The van der Waals surface area contributed by atoms with Crippen LogP contribution in [0.15, 0.2) is 60.7 Å². The summed E-state index contributed by atoms with van der Waals surface area (Å²) in [6, 6.07) is 18.4. The maximum absolute atomic E-state index is 12.4. The van der Waals surface area contributed by atoms with Crippen LogP contribution in [-0.4, -0.2) is 38.4 Å². The molecule has 0 aliphatic carbocycles. The third-order valence-corrected chi connectivity index (χ3v) is 4.72. The maximum Gasteiger partial charge on any atom is 0.340 e. The number of esters is 2. The first-order valence-electron chi connectivity index (χ1n) is 10.0. The van der Waals surface area contributed by atoms with Crippen LogP contribution in [0.5, 0.6) is 0 Å². The van der Waals surface area contributed by atoms with Crippen molar-refractivity contribution in [1.82, 2.24) is 0 Å². The fraction of sp³-hybridized carbons (Fsp3) is 0.417. The molecule has 2 aromatic rings. The van der Waals surface area contributed by atoms with Gasteiger partial charge in [0.15, 0.2) is 12.2 Å². The first-order valence-corrected chi connectivity index (χ1v) is 10.0. The molecule has 0 aromatic heterocycles. The first-order chi connectivity index (χ1) is 14.5. The van der Waals surface area contributed by atoms with E-state index >= 15 is 0 Å². The number of benzene rings is 2. The molecule has 4 atom stereocenters. The van der Waals surface area contributed by atoms with Gasteiger partial charge in [-0.25, -0.2) is 9.59 Å². The molecular formula is C24H30O6. The van der Waals surface area contributed by atoms with Gasteiger partial charge >= 0.3 is 11.9 Å². The van der Waals surface area contributed by atoms with Crippen LogP contribution in [-0.2, 0) is 28.5 Å². The number of methoxy groups -OCH3 is 2. The third kappa shape index (κ3) is 6.97. The highest BCUT2D eigenvalue weighted by molar-refractivity contribution is 5.77. The van der Waals surface area contributed by atoms with Gasteiger partial charge in [-0.15, -0.1) is 0 Å². The number of hydrogen-bond donors (Lipinski definition) is 0. The zero-order valence-electron chi connectivity index (χ0n) is 17.9. The monoisotopic (exact) mass is 414 g/mol. The number of carbonyl (C=O) groups is 2. The highest BCUT2D eigenvalue weighted by Crippen LogP contribution is 2.21. The van der Waals surface area contributed by atoms with Gasteiger partial charge in [-0.2, -0.15) is 0 Å². The van der Waals surface area contributed by atoms with Gasteiger partial charge in [0.25, 0.3) is 0 Å². The Morgan fingerprint density at radius 3 is 1.30 bits per heavy atom. The van der Waals surface area contributed by atoms with Crippen LogP contribution in [0.4, 0.5) is 0 Å². The molecule has 0 saturated carbocycles. The lowest BCUT2D eigenvalue weighted by Gasteiger charge is -2.21. The molecule has 0 bridgehead atoms. The van der Waals surface area contributed by atoms with E-state index in [0.717, 1.165) is 11.1 Å². The molecule has 0 fully saturated rings. The molecule has 162 valence electrons. The van der Waals surface area contributed by atoms with Crippen molar-refractivity contribution in [1.29, 1.82) is 0 Å². The lowest BCUT2D eigenvalue weighted by atomic mass is 10.1. The molecule has 0 unspecified atom stereocenters. The minimum Gasteiger partial charge on any atom is -0.460 e. The number of hydrogen-bond acceptors (Lipinski definition) is 6. The zero-order chi connectivity index (χ0) is 21.9. The third-order valence-electron chi connectivity index (χ3n) is 4.72. The van der Waals surface area contributed by atoms with Crippen molar-refractivity contribution in [3.05, 3.63) is 71.8 Å². The molecule has 6 heteroatoms. The molecule has 0 heterocycles. The molecule has 0 aliphatic rings. The van der Waals surface area contributed by atoms with Gasteiger partial charge in [-0.3, -0.25) is 0 Å². The van der Waals surface area contributed by atoms with Crippen molar-refractivity contribution in [2.45, 2.75) is 51.1 Å². The van der Waals surface area contributed by atoms with Gasteiger partial charge in [0.2, 0.25) is 0 Å². The van der Waals surface area contributed by atoms with Crippen molar-refractivity contribution < 1.29 is 28.5 Å². The van der Waals surface area contributed by atoms with Gasteiger partial charge in [0, 0.05) is 14.2 Å². The number of rotatable bonds is 11. The summed E-state index contributed by atoms with van der Waals surface area (Å²) < 4.78 is 21.6. The van der Waals surface area contributed by atoms with Gasteiger partial charge in [-0.1, -0.05) is 60.7 Å². The molecule has 2 aromatic carbocycles. The van der Waals surface area contributed by atoms with E-state index in [1.165, 1.54) is 14.2 Å². The SMILES string of the molecule is CO[C@H](C(=O)O[C@@H](C)CC[C@H](C)OC(=O)[C@@H](OC)c1ccccc1)c1ccccc1.